The Labute approximate surface area is 118 Å². The van der Waals surface area contributed by atoms with Gasteiger partial charge >= 0.3 is 0 Å². The quantitative estimate of drug-likeness (QED) is 0.777. The second-order valence-electron chi connectivity index (χ2n) is 5.48. The van der Waals surface area contributed by atoms with Crippen molar-refractivity contribution in [3.63, 3.8) is 0 Å². The van der Waals surface area contributed by atoms with Crippen molar-refractivity contribution in [3.05, 3.63) is 18.0 Å². The Morgan fingerprint density at radius 3 is 3.00 bits per heavy atom. The lowest BCUT2D eigenvalue weighted by Gasteiger charge is -2.29. The van der Waals surface area contributed by atoms with Crippen LogP contribution in [0.15, 0.2) is 12.3 Å². The molecule has 18 heavy (non-hydrogen) atoms. The summed E-state index contributed by atoms with van der Waals surface area (Å²) in [6.45, 7) is 7.45. The minimum atomic E-state index is 0.217. The molecule has 0 aromatic carbocycles. The molecule has 0 amide bonds. The summed E-state index contributed by atoms with van der Waals surface area (Å²) in [4.78, 5) is 0. The number of alkyl halides is 1. The molecule has 1 aliphatic heterocycles. The van der Waals surface area contributed by atoms with Crippen LogP contribution in [0.5, 0.6) is 0 Å². The summed E-state index contributed by atoms with van der Waals surface area (Å²) in [5, 5.41) is 5.70. The highest BCUT2D eigenvalue weighted by Gasteiger charge is 2.41. The lowest BCUT2D eigenvalue weighted by molar-refractivity contribution is 0.0741. The maximum absolute atomic E-state index is 5.74. The van der Waals surface area contributed by atoms with Gasteiger partial charge < -0.3 is 4.74 Å². The fraction of sp³-hybridized carbons (Fsp3) is 0.786. The highest BCUT2D eigenvalue weighted by molar-refractivity contribution is 9.09. The van der Waals surface area contributed by atoms with E-state index in [0.29, 0.717) is 12.1 Å². The molecule has 1 aromatic heterocycles. The van der Waals surface area contributed by atoms with Crippen LogP contribution in [0.25, 0.3) is 0 Å². The Morgan fingerprint density at radius 2 is 2.44 bits per heavy atom. The Hall–Kier alpha value is -0.350. The third-order valence-electron chi connectivity index (χ3n) is 4.34. The third kappa shape index (κ3) is 2.64. The molecule has 0 N–H and O–H groups in total. The summed E-state index contributed by atoms with van der Waals surface area (Å²) in [6, 6.07) is 2.64. The molecule has 1 saturated heterocycles. The zero-order valence-corrected chi connectivity index (χ0v) is 13.1. The molecule has 0 bridgehead atoms. The molecule has 2 rings (SSSR count). The van der Waals surface area contributed by atoms with Gasteiger partial charge in [-0.3, -0.25) is 4.68 Å². The molecule has 0 spiro atoms. The molecular weight excluding hydrogens is 292 g/mol. The van der Waals surface area contributed by atoms with E-state index in [-0.39, 0.29) is 5.41 Å². The van der Waals surface area contributed by atoms with Crippen molar-refractivity contribution in [1.82, 2.24) is 9.78 Å². The van der Waals surface area contributed by atoms with Gasteiger partial charge in [0.1, 0.15) is 0 Å². The number of aromatic nitrogens is 2. The van der Waals surface area contributed by atoms with Crippen LogP contribution in [0.4, 0.5) is 0 Å². The first-order chi connectivity index (χ1) is 8.61. The van der Waals surface area contributed by atoms with E-state index in [1.165, 1.54) is 5.69 Å². The molecule has 4 heteroatoms. The van der Waals surface area contributed by atoms with Crippen molar-refractivity contribution in [2.75, 3.05) is 11.9 Å². The first-order valence-corrected chi connectivity index (χ1v) is 7.95. The normalized spacial score (nSPS) is 29.7. The van der Waals surface area contributed by atoms with Crippen molar-refractivity contribution in [2.24, 2.45) is 5.41 Å². The molecule has 0 aliphatic carbocycles. The molecule has 3 nitrogen and oxygen atoms in total. The summed E-state index contributed by atoms with van der Waals surface area (Å²) in [5.41, 5.74) is 1.40. The average Bonchev–Trinajstić information content (AvgIpc) is 2.97. The third-order valence-corrected chi connectivity index (χ3v) is 5.45. The van der Waals surface area contributed by atoms with Gasteiger partial charge in [0.05, 0.1) is 11.8 Å². The average molecular weight is 315 g/mol. The second kappa shape index (κ2) is 5.74. The lowest BCUT2D eigenvalue weighted by Crippen LogP contribution is -2.33. The van der Waals surface area contributed by atoms with Crippen molar-refractivity contribution < 1.29 is 4.74 Å². The Kier molecular flexibility index (Phi) is 4.49. The molecule has 3 unspecified atom stereocenters. The summed E-state index contributed by atoms with van der Waals surface area (Å²) < 4.78 is 7.82. The van der Waals surface area contributed by atoms with E-state index in [0.717, 1.165) is 31.2 Å². The fourth-order valence-electron chi connectivity index (χ4n) is 2.54. The van der Waals surface area contributed by atoms with Crippen molar-refractivity contribution in [1.29, 1.82) is 0 Å². The highest BCUT2D eigenvalue weighted by Crippen LogP contribution is 2.39. The van der Waals surface area contributed by atoms with Crippen LogP contribution in [0.1, 0.15) is 45.3 Å². The number of nitrogens with zero attached hydrogens (tertiary/aromatic N) is 2. The smallest absolute Gasteiger partial charge is 0.0631 e. The van der Waals surface area contributed by atoms with Gasteiger partial charge in [-0.05, 0) is 32.8 Å². The largest absolute Gasteiger partial charge is 0.378 e. The first-order valence-electron chi connectivity index (χ1n) is 6.83. The fourth-order valence-corrected chi connectivity index (χ4v) is 3.47. The first kappa shape index (κ1) is 14.1. The van der Waals surface area contributed by atoms with E-state index >= 15 is 0 Å². The summed E-state index contributed by atoms with van der Waals surface area (Å²) in [7, 11) is 0. The topological polar surface area (TPSA) is 27.1 Å². The molecule has 3 atom stereocenters. The molecule has 1 aromatic rings. The molecule has 0 saturated carbocycles. The van der Waals surface area contributed by atoms with Crippen LogP contribution >= 0.6 is 15.9 Å². The van der Waals surface area contributed by atoms with Gasteiger partial charge in [0.15, 0.2) is 0 Å². The summed E-state index contributed by atoms with van der Waals surface area (Å²) in [5.74, 6) is 0. The maximum Gasteiger partial charge on any atom is 0.0631 e. The van der Waals surface area contributed by atoms with Crippen LogP contribution in [-0.2, 0) is 11.2 Å². The van der Waals surface area contributed by atoms with Crippen LogP contribution in [0, 0.1) is 5.41 Å². The Bertz CT molecular complexity index is 393. The number of halogens is 1. The molecule has 0 radical (unpaired) electrons. The standard InChI is InChI=1S/C14H23BrN2O/c1-4-11(2)17-7-5-13(16-17)9-14(10-15)6-8-18-12(14)3/h5,7,11-12H,4,6,8-10H2,1-3H3. The van der Waals surface area contributed by atoms with Gasteiger partial charge in [0.25, 0.3) is 0 Å². The van der Waals surface area contributed by atoms with E-state index < -0.39 is 0 Å². The number of hydrogen-bond acceptors (Lipinski definition) is 2. The highest BCUT2D eigenvalue weighted by atomic mass is 79.9. The minimum Gasteiger partial charge on any atom is -0.378 e. The Morgan fingerprint density at radius 1 is 1.67 bits per heavy atom. The van der Waals surface area contributed by atoms with E-state index in [1.807, 2.05) is 0 Å². The van der Waals surface area contributed by atoms with Crippen LogP contribution in [0.2, 0.25) is 0 Å². The summed E-state index contributed by atoms with van der Waals surface area (Å²) >= 11 is 3.67. The molecule has 1 fully saturated rings. The van der Waals surface area contributed by atoms with Gasteiger partial charge in [-0.25, -0.2) is 0 Å². The van der Waals surface area contributed by atoms with Crippen LogP contribution < -0.4 is 0 Å². The zero-order valence-electron chi connectivity index (χ0n) is 11.5. The molecular formula is C14H23BrN2O. The Balaban J connectivity index is 2.10. The van der Waals surface area contributed by atoms with Crippen molar-refractivity contribution in [2.45, 2.75) is 52.2 Å². The number of rotatable bonds is 5. The monoisotopic (exact) mass is 314 g/mol. The minimum absolute atomic E-state index is 0.217. The summed E-state index contributed by atoms with van der Waals surface area (Å²) in [6.07, 6.45) is 5.65. The SMILES string of the molecule is CCC(C)n1ccc(CC2(CBr)CCOC2C)n1. The zero-order chi connectivity index (χ0) is 13.2. The maximum atomic E-state index is 5.74. The van der Waals surface area contributed by atoms with Crippen LogP contribution in [-0.4, -0.2) is 27.8 Å². The predicted molar refractivity (Wildman–Crippen MR) is 77.2 cm³/mol. The van der Waals surface area contributed by atoms with E-state index in [9.17, 15) is 0 Å². The van der Waals surface area contributed by atoms with Crippen LogP contribution in [0.3, 0.4) is 0 Å². The molecule has 102 valence electrons. The molecule has 2 heterocycles. The van der Waals surface area contributed by atoms with Gasteiger partial charge in [0, 0.05) is 36.0 Å². The second-order valence-corrected chi connectivity index (χ2v) is 6.04. The van der Waals surface area contributed by atoms with Gasteiger partial charge in [0.2, 0.25) is 0 Å². The van der Waals surface area contributed by atoms with Gasteiger partial charge in [-0.1, -0.05) is 22.9 Å². The predicted octanol–water partition coefficient (Wildman–Crippen LogP) is 3.59. The number of hydrogen-bond donors (Lipinski definition) is 0. The van der Waals surface area contributed by atoms with E-state index in [1.54, 1.807) is 0 Å². The van der Waals surface area contributed by atoms with Crippen molar-refractivity contribution in [3.8, 4) is 0 Å². The van der Waals surface area contributed by atoms with E-state index in [2.05, 4.69) is 53.6 Å². The van der Waals surface area contributed by atoms with E-state index in [4.69, 9.17) is 9.84 Å². The molecule has 1 aliphatic rings. The van der Waals surface area contributed by atoms with Gasteiger partial charge in [-0.2, -0.15) is 5.10 Å². The number of ether oxygens (including phenoxy) is 1. The lowest BCUT2D eigenvalue weighted by atomic mass is 9.79. The van der Waals surface area contributed by atoms with Gasteiger partial charge in [-0.15, -0.1) is 0 Å². The van der Waals surface area contributed by atoms with Crippen molar-refractivity contribution >= 4 is 15.9 Å².